The topological polar surface area (TPSA) is 0 Å². The average molecular weight is 835 g/mol. The maximum Gasteiger partial charge on any atom is -0.00201 e. The summed E-state index contributed by atoms with van der Waals surface area (Å²) in [5, 5.41) is 14.9. The predicted octanol–water partition coefficient (Wildman–Crippen LogP) is 18.6. The van der Waals surface area contributed by atoms with Crippen molar-refractivity contribution < 1.29 is 0 Å². The van der Waals surface area contributed by atoms with Crippen LogP contribution in [0.15, 0.2) is 255 Å². The molecule has 0 aliphatic heterocycles. The monoisotopic (exact) mass is 834 g/mol. The molecule has 0 unspecified atom stereocenters. The summed E-state index contributed by atoms with van der Waals surface area (Å²) in [6.45, 7) is 0. The van der Waals surface area contributed by atoms with Crippen LogP contribution >= 0.6 is 0 Å². The molecule has 13 aromatic carbocycles. The van der Waals surface area contributed by atoms with Gasteiger partial charge in [0.25, 0.3) is 0 Å². The van der Waals surface area contributed by atoms with Gasteiger partial charge in [0.2, 0.25) is 0 Å². The van der Waals surface area contributed by atoms with Crippen LogP contribution < -0.4 is 0 Å². The SMILES string of the molecule is c1ccc(-c2ccc3c(c2)c(-c2ccc(-c4c(-c5ccc6ccccc6c5)c5ccccc5c5ccc(-c6ccccc6)cc45)cc2)c(-c2ccc4ccccc4c2)c2ccccc23)cc1. The minimum absolute atomic E-state index is 1.19. The Bertz CT molecular complexity index is 3750. The van der Waals surface area contributed by atoms with E-state index >= 15 is 0 Å². The molecule has 0 nitrogen and oxygen atoms in total. The van der Waals surface area contributed by atoms with Gasteiger partial charge in [-0.1, -0.05) is 231 Å². The first kappa shape index (κ1) is 37.9. The van der Waals surface area contributed by atoms with Crippen LogP contribution in [0.25, 0.3) is 131 Å². The molecule has 0 radical (unpaired) electrons. The lowest BCUT2D eigenvalue weighted by Gasteiger charge is -2.21. The first-order valence-electron chi connectivity index (χ1n) is 22.9. The first-order valence-corrected chi connectivity index (χ1v) is 22.9. The van der Waals surface area contributed by atoms with Crippen LogP contribution in [-0.4, -0.2) is 0 Å². The lowest BCUT2D eigenvalue weighted by Crippen LogP contribution is -1.94. The second kappa shape index (κ2) is 15.6. The van der Waals surface area contributed by atoms with Crippen LogP contribution in [-0.2, 0) is 0 Å². The van der Waals surface area contributed by atoms with Gasteiger partial charge in [0.05, 0.1) is 0 Å². The second-order valence-corrected chi connectivity index (χ2v) is 17.5. The molecule has 0 fully saturated rings. The van der Waals surface area contributed by atoms with Crippen LogP contribution in [0.4, 0.5) is 0 Å². The third-order valence-corrected chi connectivity index (χ3v) is 13.8. The number of benzene rings is 13. The van der Waals surface area contributed by atoms with E-state index in [0.717, 1.165) is 0 Å². The highest BCUT2D eigenvalue weighted by molar-refractivity contribution is 6.24. The van der Waals surface area contributed by atoms with E-state index in [1.807, 2.05) is 0 Å². The Morgan fingerprint density at radius 1 is 0.136 bits per heavy atom. The Balaban J connectivity index is 1.11. The van der Waals surface area contributed by atoms with E-state index < -0.39 is 0 Å². The Morgan fingerprint density at radius 3 is 0.864 bits per heavy atom. The van der Waals surface area contributed by atoms with Gasteiger partial charge in [-0.3, -0.25) is 0 Å². The molecule has 0 aliphatic rings. The van der Waals surface area contributed by atoms with Gasteiger partial charge in [-0.25, -0.2) is 0 Å². The van der Waals surface area contributed by atoms with Crippen molar-refractivity contribution in [2.45, 2.75) is 0 Å². The van der Waals surface area contributed by atoms with Gasteiger partial charge in [-0.2, -0.15) is 0 Å². The Hall–Kier alpha value is -8.58. The molecule has 0 N–H and O–H groups in total. The fourth-order valence-electron chi connectivity index (χ4n) is 10.7. The number of hydrogen-bond acceptors (Lipinski definition) is 0. The van der Waals surface area contributed by atoms with Crippen molar-refractivity contribution in [2.24, 2.45) is 0 Å². The van der Waals surface area contributed by atoms with E-state index in [0.29, 0.717) is 0 Å². The molecule has 306 valence electrons. The zero-order valence-corrected chi connectivity index (χ0v) is 36.2. The fraction of sp³-hybridized carbons (Fsp3) is 0. The summed E-state index contributed by atoms with van der Waals surface area (Å²) in [7, 11) is 0. The molecule has 0 aliphatic carbocycles. The highest BCUT2D eigenvalue weighted by Gasteiger charge is 2.22. The van der Waals surface area contributed by atoms with E-state index in [4.69, 9.17) is 0 Å². The maximum atomic E-state index is 2.42. The summed E-state index contributed by atoms with van der Waals surface area (Å²) >= 11 is 0. The van der Waals surface area contributed by atoms with Crippen LogP contribution in [0.5, 0.6) is 0 Å². The Morgan fingerprint density at radius 2 is 0.439 bits per heavy atom. The van der Waals surface area contributed by atoms with Crippen molar-refractivity contribution in [2.75, 3.05) is 0 Å². The minimum atomic E-state index is 1.19. The van der Waals surface area contributed by atoms with Gasteiger partial charge in [-0.05, 0) is 156 Å². The molecular weight excluding hydrogens is 793 g/mol. The smallest absolute Gasteiger partial charge is 0.00201 e. The first-order chi connectivity index (χ1) is 32.7. The quantitative estimate of drug-likeness (QED) is 0.146. The van der Waals surface area contributed by atoms with Crippen molar-refractivity contribution in [3.8, 4) is 66.8 Å². The average Bonchev–Trinajstić information content (AvgIpc) is 3.40. The minimum Gasteiger partial charge on any atom is -0.0622 e. The molecule has 0 saturated carbocycles. The van der Waals surface area contributed by atoms with Crippen LogP contribution in [0, 0.1) is 0 Å². The highest BCUT2D eigenvalue weighted by atomic mass is 14.2. The van der Waals surface area contributed by atoms with Crippen LogP contribution in [0.1, 0.15) is 0 Å². The lowest BCUT2D eigenvalue weighted by molar-refractivity contribution is 1.61. The van der Waals surface area contributed by atoms with Crippen molar-refractivity contribution in [1.29, 1.82) is 0 Å². The molecule has 66 heavy (non-hydrogen) atoms. The summed E-state index contributed by atoms with van der Waals surface area (Å²) in [6.07, 6.45) is 0. The van der Waals surface area contributed by atoms with Gasteiger partial charge in [0.15, 0.2) is 0 Å². The van der Waals surface area contributed by atoms with Crippen molar-refractivity contribution in [3.05, 3.63) is 255 Å². The molecule has 0 aromatic heterocycles. The summed E-state index contributed by atoms with van der Waals surface area (Å²) in [4.78, 5) is 0. The van der Waals surface area contributed by atoms with Gasteiger partial charge < -0.3 is 0 Å². The van der Waals surface area contributed by atoms with E-state index in [2.05, 4.69) is 255 Å². The molecule has 13 rings (SSSR count). The summed E-state index contributed by atoms with van der Waals surface area (Å²) < 4.78 is 0. The van der Waals surface area contributed by atoms with Gasteiger partial charge >= 0.3 is 0 Å². The van der Waals surface area contributed by atoms with Crippen molar-refractivity contribution >= 4 is 64.6 Å². The molecular formula is C66H42. The fourth-order valence-corrected chi connectivity index (χ4v) is 10.7. The van der Waals surface area contributed by atoms with Gasteiger partial charge in [-0.15, -0.1) is 0 Å². The third-order valence-electron chi connectivity index (χ3n) is 13.8. The summed E-state index contributed by atoms with van der Waals surface area (Å²) in [5.74, 6) is 0. The number of fused-ring (bicyclic) bond motifs is 8. The molecule has 0 bridgehead atoms. The predicted molar refractivity (Wildman–Crippen MR) is 284 cm³/mol. The lowest BCUT2D eigenvalue weighted by atomic mass is 9.82. The van der Waals surface area contributed by atoms with Crippen LogP contribution in [0.3, 0.4) is 0 Å². The zero-order chi connectivity index (χ0) is 43.6. The van der Waals surface area contributed by atoms with E-state index in [-0.39, 0.29) is 0 Å². The largest absolute Gasteiger partial charge is 0.0622 e. The van der Waals surface area contributed by atoms with Gasteiger partial charge in [0.1, 0.15) is 0 Å². The standard InChI is InChI=1S/C66H42/c1-3-15-43(16-4-1)51-35-37-57-55-23-11-13-25-59(55)65(53-33-27-45-19-7-9-21-49(45)39-53)63(61(57)41-51)47-29-31-48(32-30-47)64-62-42-52(44-17-5-2-6-18-44)36-38-58(62)56-24-12-14-26-60(56)66(64)54-34-28-46-20-8-10-22-50(46)40-54/h1-42H. The zero-order valence-electron chi connectivity index (χ0n) is 36.2. The summed E-state index contributed by atoms with van der Waals surface area (Å²) in [6, 6.07) is 94.4. The molecule has 0 amide bonds. The third kappa shape index (κ3) is 6.30. The number of rotatable bonds is 6. The Labute approximate surface area is 384 Å². The molecule has 0 saturated heterocycles. The van der Waals surface area contributed by atoms with Crippen molar-refractivity contribution in [1.82, 2.24) is 0 Å². The van der Waals surface area contributed by atoms with E-state index in [9.17, 15) is 0 Å². The Kier molecular flexibility index (Phi) is 8.96. The second-order valence-electron chi connectivity index (χ2n) is 17.5. The number of hydrogen-bond donors (Lipinski definition) is 0. The normalized spacial score (nSPS) is 11.6. The molecule has 0 heteroatoms. The van der Waals surface area contributed by atoms with E-state index in [1.54, 1.807) is 0 Å². The van der Waals surface area contributed by atoms with Crippen LogP contribution in [0.2, 0.25) is 0 Å². The summed E-state index contributed by atoms with van der Waals surface area (Å²) in [5.41, 5.74) is 14.6. The van der Waals surface area contributed by atoms with E-state index in [1.165, 1.54) is 131 Å². The molecule has 13 aromatic rings. The highest BCUT2D eigenvalue weighted by Crippen LogP contribution is 2.49. The molecule has 0 heterocycles. The van der Waals surface area contributed by atoms with Gasteiger partial charge in [0, 0.05) is 0 Å². The van der Waals surface area contributed by atoms with Crippen molar-refractivity contribution in [3.63, 3.8) is 0 Å². The maximum absolute atomic E-state index is 2.42. The molecule has 0 spiro atoms. The molecule has 0 atom stereocenters.